The van der Waals surface area contributed by atoms with Gasteiger partial charge in [0.05, 0.1) is 5.75 Å². The first kappa shape index (κ1) is 18.5. The first-order valence-electron chi connectivity index (χ1n) is 8.29. The molecule has 0 aliphatic rings. The zero-order valence-electron chi connectivity index (χ0n) is 15.0. The number of carbonyl (C=O) groups is 1. The monoisotopic (exact) mass is 350 g/mol. The third kappa shape index (κ3) is 3.98. The summed E-state index contributed by atoms with van der Waals surface area (Å²) in [4.78, 5) is 18.7. The average Bonchev–Trinajstić information content (AvgIpc) is 2.88. The van der Waals surface area contributed by atoms with Crippen molar-refractivity contribution >= 4 is 29.3 Å². The van der Waals surface area contributed by atoms with Crippen LogP contribution in [0.5, 0.6) is 0 Å². The zero-order chi connectivity index (χ0) is 17.9. The lowest BCUT2D eigenvalue weighted by Gasteiger charge is -2.30. The maximum absolute atomic E-state index is 12.5. The molecule has 0 aromatic carbocycles. The van der Waals surface area contributed by atoms with Gasteiger partial charge in [-0.2, -0.15) is 0 Å². The predicted octanol–water partition coefficient (Wildman–Crippen LogP) is 2.40. The number of thioether (sulfide) groups is 1. The first-order chi connectivity index (χ1) is 11.3. The summed E-state index contributed by atoms with van der Waals surface area (Å²) in [6.07, 6.45) is 1.85. The Bertz CT molecular complexity index is 704. The third-order valence-corrected chi connectivity index (χ3v) is 4.59. The van der Waals surface area contributed by atoms with Crippen LogP contribution in [0.25, 0.3) is 5.65 Å². The minimum Gasteiger partial charge on any atom is -0.369 e. The predicted molar refractivity (Wildman–Crippen MR) is 97.0 cm³/mol. The van der Waals surface area contributed by atoms with E-state index in [1.165, 1.54) is 11.8 Å². The Morgan fingerprint density at radius 3 is 2.54 bits per heavy atom. The number of amides is 1. The van der Waals surface area contributed by atoms with E-state index in [-0.39, 0.29) is 18.0 Å². The number of aromatic nitrogens is 4. The van der Waals surface area contributed by atoms with E-state index in [9.17, 15) is 4.79 Å². The number of nitrogens with zero attached hydrogens (tertiary/aromatic N) is 5. The van der Waals surface area contributed by atoms with Crippen molar-refractivity contribution < 1.29 is 4.79 Å². The number of hydrogen-bond donors (Lipinski definition) is 1. The minimum absolute atomic E-state index is 0.0795. The summed E-state index contributed by atoms with van der Waals surface area (Å²) in [7, 11) is 0. The van der Waals surface area contributed by atoms with Crippen molar-refractivity contribution in [3.05, 3.63) is 11.8 Å². The minimum atomic E-state index is 0.0795. The van der Waals surface area contributed by atoms with Gasteiger partial charge in [0.1, 0.15) is 0 Å². The number of aryl methyl sites for hydroxylation is 1. The maximum Gasteiger partial charge on any atom is 0.233 e. The molecule has 7 nitrogen and oxygen atoms in total. The summed E-state index contributed by atoms with van der Waals surface area (Å²) in [6, 6.07) is 2.22. The number of nitrogen functional groups attached to an aromatic ring is 1. The molecule has 0 radical (unpaired) electrons. The molecule has 0 aliphatic carbocycles. The van der Waals surface area contributed by atoms with Crippen LogP contribution in [0.1, 0.15) is 46.7 Å². The highest BCUT2D eigenvalue weighted by molar-refractivity contribution is 7.99. The van der Waals surface area contributed by atoms with Gasteiger partial charge in [-0.05, 0) is 34.1 Å². The van der Waals surface area contributed by atoms with Gasteiger partial charge in [-0.3, -0.25) is 4.79 Å². The van der Waals surface area contributed by atoms with Crippen LogP contribution in [0.2, 0.25) is 0 Å². The quantitative estimate of drug-likeness (QED) is 0.771. The van der Waals surface area contributed by atoms with Crippen LogP contribution in [-0.4, -0.2) is 48.2 Å². The number of hydrogen-bond acceptors (Lipinski definition) is 6. The third-order valence-electron chi connectivity index (χ3n) is 3.67. The Balaban J connectivity index is 2.17. The Morgan fingerprint density at radius 2 is 1.96 bits per heavy atom. The summed E-state index contributed by atoms with van der Waals surface area (Å²) >= 11 is 1.34. The molecule has 0 bridgehead atoms. The summed E-state index contributed by atoms with van der Waals surface area (Å²) < 4.78 is 1.70. The van der Waals surface area contributed by atoms with Crippen LogP contribution in [0, 0.1) is 0 Å². The fourth-order valence-corrected chi connectivity index (χ4v) is 3.64. The van der Waals surface area contributed by atoms with Gasteiger partial charge in [0, 0.05) is 23.8 Å². The summed E-state index contributed by atoms with van der Waals surface area (Å²) in [6.45, 7) is 10.2. The van der Waals surface area contributed by atoms with Gasteiger partial charge in [-0.15, -0.1) is 10.2 Å². The summed E-state index contributed by atoms with van der Waals surface area (Å²) in [5.74, 6) is 0.740. The molecule has 0 spiro atoms. The highest BCUT2D eigenvalue weighted by Gasteiger charge is 2.21. The van der Waals surface area contributed by atoms with E-state index in [0.717, 1.165) is 18.5 Å². The number of anilines is 1. The topological polar surface area (TPSA) is 89.4 Å². The Labute approximate surface area is 147 Å². The maximum atomic E-state index is 12.5. The van der Waals surface area contributed by atoms with Crippen LogP contribution in [0.3, 0.4) is 0 Å². The number of rotatable bonds is 7. The molecular formula is C16H26N6OS. The van der Waals surface area contributed by atoms with Gasteiger partial charge in [-0.1, -0.05) is 25.1 Å². The summed E-state index contributed by atoms with van der Waals surface area (Å²) in [5, 5.41) is 8.92. The highest BCUT2D eigenvalue weighted by Crippen LogP contribution is 2.21. The zero-order valence-corrected chi connectivity index (χ0v) is 15.8. The molecule has 2 rings (SSSR count). The number of nitrogens with two attached hydrogens (primary N) is 1. The lowest BCUT2D eigenvalue weighted by Crippen LogP contribution is -2.43. The van der Waals surface area contributed by atoms with E-state index in [2.05, 4.69) is 22.1 Å². The highest BCUT2D eigenvalue weighted by atomic mass is 32.2. The molecule has 0 atom stereocenters. The summed E-state index contributed by atoms with van der Waals surface area (Å²) in [5.41, 5.74) is 7.64. The van der Waals surface area contributed by atoms with E-state index >= 15 is 0 Å². The standard InChI is InChI=1S/C16H26N6OS/c1-6-7-12-8-13-19-20-16(22(13)15(17)18-12)24-9-14(23)21(10(2)3)11(4)5/h8,10-11H,6-7,9H2,1-5H3,(H2,17,18). The van der Waals surface area contributed by atoms with Crippen LogP contribution in [-0.2, 0) is 11.2 Å². The SMILES string of the molecule is CCCc1cc2nnc(SCC(=O)N(C(C)C)C(C)C)n2c(N)n1. The molecule has 2 heterocycles. The molecule has 24 heavy (non-hydrogen) atoms. The second-order valence-electron chi connectivity index (χ2n) is 6.31. The molecule has 8 heteroatoms. The van der Waals surface area contributed by atoms with Crippen molar-refractivity contribution in [2.75, 3.05) is 11.5 Å². The second-order valence-corrected chi connectivity index (χ2v) is 7.25. The Hall–Kier alpha value is -1.83. The smallest absolute Gasteiger partial charge is 0.233 e. The van der Waals surface area contributed by atoms with E-state index in [1.54, 1.807) is 4.40 Å². The second kappa shape index (κ2) is 7.83. The fraction of sp³-hybridized carbons (Fsp3) is 0.625. The van der Waals surface area contributed by atoms with Crippen LogP contribution >= 0.6 is 11.8 Å². The molecule has 132 valence electrons. The van der Waals surface area contributed by atoms with Crippen molar-refractivity contribution in [3.8, 4) is 0 Å². The molecular weight excluding hydrogens is 324 g/mol. The van der Waals surface area contributed by atoms with Crippen molar-refractivity contribution in [1.82, 2.24) is 24.5 Å². The van der Waals surface area contributed by atoms with Gasteiger partial charge in [0.2, 0.25) is 11.9 Å². The van der Waals surface area contributed by atoms with E-state index in [4.69, 9.17) is 5.73 Å². The Kier molecular flexibility index (Phi) is 6.04. The largest absolute Gasteiger partial charge is 0.369 e. The van der Waals surface area contributed by atoms with E-state index in [1.807, 2.05) is 38.7 Å². The van der Waals surface area contributed by atoms with Crippen molar-refractivity contribution in [3.63, 3.8) is 0 Å². The lowest BCUT2D eigenvalue weighted by atomic mass is 10.2. The van der Waals surface area contributed by atoms with Gasteiger partial charge in [-0.25, -0.2) is 9.38 Å². The van der Waals surface area contributed by atoms with Crippen LogP contribution in [0.4, 0.5) is 5.95 Å². The molecule has 0 aliphatic heterocycles. The van der Waals surface area contributed by atoms with Crippen LogP contribution in [0.15, 0.2) is 11.2 Å². The van der Waals surface area contributed by atoms with Crippen LogP contribution < -0.4 is 5.73 Å². The van der Waals surface area contributed by atoms with Crippen molar-refractivity contribution in [2.45, 2.75) is 64.7 Å². The molecule has 2 aromatic rings. The number of carbonyl (C=O) groups excluding carboxylic acids is 1. The number of fused-ring (bicyclic) bond motifs is 1. The molecule has 0 saturated heterocycles. The molecule has 0 fully saturated rings. The normalized spacial score (nSPS) is 11.6. The van der Waals surface area contributed by atoms with Crippen molar-refractivity contribution in [1.29, 1.82) is 0 Å². The fourth-order valence-electron chi connectivity index (χ4n) is 2.82. The molecule has 2 N–H and O–H groups in total. The molecule has 0 unspecified atom stereocenters. The van der Waals surface area contributed by atoms with Gasteiger partial charge in [0.25, 0.3) is 0 Å². The Morgan fingerprint density at radius 1 is 1.29 bits per heavy atom. The lowest BCUT2D eigenvalue weighted by molar-refractivity contribution is -0.131. The average molecular weight is 350 g/mol. The molecule has 2 aromatic heterocycles. The van der Waals surface area contributed by atoms with E-state index in [0.29, 0.717) is 22.5 Å². The molecule has 0 saturated carbocycles. The van der Waals surface area contributed by atoms with Gasteiger partial charge < -0.3 is 10.6 Å². The first-order valence-corrected chi connectivity index (χ1v) is 9.28. The van der Waals surface area contributed by atoms with Crippen molar-refractivity contribution in [2.24, 2.45) is 0 Å². The van der Waals surface area contributed by atoms with E-state index < -0.39 is 0 Å². The van der Waals surface area contributed by atoms with Gasteiger partial charge in [0.15, 0.2) is 10.8 Å². The van der Waals surface area contributed by atoms with Gasteiger partial charge >= 0.3 is 0 Å². The molecule has 1 amide bonds.